The molecule has 10 saturated carbocycles. The quantitative estimate of drug-likeness (QED) is 0.0131. The standard InChI is InChI=1S/5C23H34O2S.5FH/c5*1-2-3-4-17-5-7-18(8-6-17)19-9-11-20(12-10-19)23(24)25-21-13-15-22(26)16-14-21;;;;;/h5*13-20,26H,2-12H2,1H3;5*1H. The van der Waals surface area contributed by atoms with Gasteiger partial charge in [0.2, 0.25) is 0 Å². The largest absolute Gasteiger partial charge is 0.426 e. The highest BCUT2D eigenvalue weighted by atomic mass is 32.1. The molecule has 10 aliphatic rings. The number of halogens is 5. The zero-order valence-corrected chi connectivity index (χ0v) is 87.3. The van der Waals surface area contributed by atoms with Crippen LogP contribution in [0.1, 0.15) is 388 Å². The van der Waals surface area contributed by atoms with Crippen molar-refractivity contribution in [3.8, 4) is 28.7 Å². The maximum Gasteiger partial charge on any atom is 0.314 e. The Kier molecular flexibility index (Phi) is 57.2. The maximum absolute atomic E-state index is 12.4. The van der Waals surface area contributed by atoms with E-state index in [9.17, 15) is 24.0 Å². The van der Waals surface area contributed by atoms with E-state index in [1.807, 2.05) is 121 Å². The molecule has 0 N–H and O–H groups in total. The number of hydrogen-bond acceptors (Lipinski definition) is 15. The van der Waals surface area contributed by atoms with Crippen molar-refractivity contribution in [2.45, 2.75) is 412 Å². The van der Waals surface area contributed by atoms with Gasteiger partial charge in [-0.1, -0.05) is 195 Å². The minimum Gasteiger partial charge on any atom is -0.426 e. The molecule has 15 rings (SSSR count). The highest BCUT2D eigenvalue weighted by Gasteiger charge is 2.40. The topological polar surface area (TPSA) is 132 Å². The van der Waals surface area contributed by atoms with Crippen LogP contribution in [0.15, 0.2) is 146 Å². The highest BCUT2D eigenvalue weighted by Crippen LogP contribution is 2.49. The van der Waals surface area contributed by atoms with Crippen molar-refractivity contribution in [3.63, 3.8) is 0 Å². The number of esters is 5. The molecule has 0 aromatic heterocycles. The third-order valence-corrected chi connectivity index (χ3v) is 34.9. The third kappa shape index (κ3) is 41.0. The van der Waals surface area contributed by atoms with E-state index >= 15 is 0 Å². The zero-order valence-electron chi connectivity index (χ0n) is 82.8. The van der Waals surface area contributed by atoms with Crippen LogP contribution < -0.4 is 23.7 Å². The molecule has 760 valence electrons. The number of carbonyl (C=O) groups excluding carboxylic acids is 5. The molecule has 0 bridgehead atoms. The van der Waals surface area contributed by atoms with Crippen LogP contribution in [0, 0.1) is 118 Å². The Morgan fingerprint density at radius 3 is 0.415 bits per heavy atom. The Bertz CT molecular complexity index is 3390. The van der Waals surface area contributed by atoms with Crippen molar-refractivity contribution in [1.29, 1.82) is 0 Å². The van der Waals surface area contributed by atoms with Gasteiger partial charge in [0.15, 0.2) is 0 Å². The molecule has 0 spiro atoms. The Labute approximate surface area is 838 Å². The van der Waals surface area contributed by atoms with Crippen molar-refractivity contribution in [1.82, 2.24) is 0 Å². The summed E-state index contributed by atoms with van der Waals surface area (Å²) in [7, 11) is 0. The van der Waals surface area contributed by atoms with Crippen molar-refractivity contribution in [3.05, 3.63) is 121 Å². The van der Waals surface area contributed by atoms with Gasteiger partial charge in [0.05, 0.1) is 29.6 Å². The molecule has 135 heavy (non-hydrogen) atoms. The summed E-state index contributed by atoms with van der Waals surface area (Å²) in [5.41, 5.74) is 0. The predicted molar refractivity (Wildman–Crippen MR) is 561 cm³/mol. The van der Waals surface area contributed by atoms with E-state index in [1.54, 1.807) is 0 Å². The monoisotopic (exact) mass is 1970 g/mol. The van der Waals surface area contributed by atoms with Gasteiger partial charge in [0.1, 0.15) is 28.7 Å². The lowest BCUT2D eigenvalue weighted by Crippen LogP contribution is -2.30. The number of thiol groups is 5. The lowest BCUT2D eigenvalue weighted by molar-refractivity contribution is -0.141. The first kappa shape index (κ1) is 119. The van der Waals surface area contributed by atoms with E-state index in [1.165, 1.54) is 289 Å². The number of unbranched alkanes of at least 4 members (excludes halogenated alkanes) is 5. The average Bonchev–Trinajstić information content (AvgIpc) is 0.854. The molecule has 10 aliphatic carbocycles. The third-order valence-electron chi connectivity index (χ3n) is 33.4. The van der Waals surface area contributed by atoms with Gasteiger partial charge < -0.3 is 23.7 Å². The summed E-state index contributed by atoms with van der Waals surface area (Å²) in [6.45, 7) is 11.5. The van der Waals surface area contributed by atoms with Crippen molar-refractivity contribution in [2.75, 3.05) is 0 Å². The van der Waals surface area contributed by atoms with Crippen LogP contribution in [0.25, 0.3) is 0 Å². The van der Waals surface area contributed by atoms with Gasteiger partial charge in [-0.2, -0.15) is 0 Å². The molecule has 0 heterocycles. The first-order valence-electron chi connectivity index (χ1n) is 53.3. The summed E-state index contributed by atoms with van der Waals surface area (Å²) in [6, 6.07) is 36.8. The fourth-order valence-corrected chi connectivity index (χ4v) is 25.7. The molecule has 10 fully saturated rings. The molecule has 0 saturated heterocycles. The fraction of sp³-hybridized carbons (Fsp3) is 0.696. The summed E-state index contributed by atoms with van der Waals surface area (Å²) in [5.74, 6) is 17.1. The number of rotatable bonds is 30. The number of benzene rings is 5. The van der Waals surface area contributed by atoms with Crippen LogP contribution in [0.4, 0.5) is 23.5 Å². The number of ether oxygens (including phenoxy) is 5. The molecule has 20 heteroatoms. The predicted octanol–water partition coefficient (Wildman–Crippen LogP) is 34.2. The molecular formula is C115H175F5O10S5. The summed E-state index contributed by atoms with van der Waals surface area (Å²) in [4.78, 5) is 66.6. The van der Waals surface area contributed by atoms with E-state index in [0.29, 0.717) is 28.7 Å². The SMILES string of the molecule is CCCCC1CCC(C2CCC(C(=O)Oc3ccc(S)cc3)CC2)CC1.CCCCC1CCC(C2CCC(C(=O)Oc3ccc(S)cc3)CC2)CC1.CCCCC1CCC(C2CCC(C(=O)Oc3ccc(S)cc3)CC2)CC1.CCCCC1CCC(C2CCC(C(=O)Oc3ccc(S)cc3)CC2)CC1.CCCCC1CCC(C2CCC(C(=O)Oc3ccc(S)cc3)CC2)CC1.F.F.F.F.F. The van der Waals surface area contributed by atoms with Gasteiger partial charge in [-0.15, -0.1) is 63.1 Å². The molecule has 0 radical (unpaired) electrons. The first-order valence-corrected chi connectivity index (χ1v) is 55.5. The van der Waals surface area contributed by atoms with Crippen LogP contribution in [-0.2, 0) is 24.0 Å². The van der Waals surface area contributed by atoms with Crippen LogP contribution in [0.2, 0.25) is 0 Å². The molecule has 0 aliphatic heterocycles. The lowest BCUT2D eigenvalue weighted by atomic mass is 9.68. The molecule has 5 aromatic carbocycles. The molecule has 0 unspecified atom stereocenters. The smallest absolute Gasteiger partial charge is 0.314 e. The molecule has 10 nitrogen and oxygen atoms in total. The van der Waals surface area contributed by atoms with Gasteiger partial charge in [-0.3, -0.25) is 47.5 Å². The van der Waals surface area contributed by atoms with Gasteiger partial charge in [0.25, 0.3) is 0 Å². The van der Waals surface area contributed by atoms with Gasteiger partial charge in [-0.05, 0) is 403 Å². The maximum atomic E-state index is 12.4. The first-order chi connectivity index (χ1) is 63.3. The second-order valence-corrected chi connectivity index (χ2v) is 44.8. The van der Waals surface area contributed by atoms with Crippen molar-refractivity contribution < 1.29 is 71.2 Å². The van der Waals surface area contributed by atoms with E-state index in [4.69, 9.17) is 23.7 Å². The Hall–Kier alpha value is -5.15. The molecule has 5 aromatic rings. The minimum atomic E-state index is -0.0429. The average molecular weight is 1970 g/mol. The Morgan fingerprint density at radius 2 is 0.304 bits per heavy atom. The fourth-order valence-electron chi connectivity index (χ4n) is 24.9. The van der Waals surface area contributed by atoms with Gasteiger partial charge in [0, 0.05) is 24.5 Å². The van der Waals surface area contributed by atoms with Crippen LogP contribution in [0.3, 0.4) is 0 Å². The van der Waals surface area contributed by atoms with Crippen LogP contribution in [0.5, 0.6) is 28.7 Å². The summed E-state index contributed by atoms with van der Waals surface area (Å²) < 4.78 is 27.8. The van der Waals surface area contributed by atoms with Crippen LogP contribution >= 0.6 is 63.1 Å². The molecule has 0 amide bonds. The van der Waals surface area contributed by atoms with E-state index in [2.05, 4.69) is 97.8 Å². The summed E-state index contributed by atoms with van der Waals surface area (Å²) >= 11 is 21.3. The Morgan fingerprint density at radius 1 is 0.193 bits per heavy atom. The van der Waals surface area contributed by atoms with E-state index in [-0.39, 0.29) is 83.0 Å². The second-order valence-electron chi connectivity index (χ2n) is 42.2. The minimum absolute atomic E-state index is 0. The van der Waals surface area contributed by atoms with Gasteiger partial charge >= 0.3 is 29.8 Å². The van der Waals surface area contributed by atoms with Gasteiger partial charge in [-0.25, -0.2) is 0 Å². The second kappa shape index (κ2) is 65.1. The van der Waals surface area contributed by atoms with E-state index < -0.39 is 0 Å². The van der Waals surface area contributed by atoms with Crippen molar-refractivity contribution in [2.24, 2.45) is 118 Å². The van der Waals surface area contributed by atoms with Crippen molar-refractivity contribution >= 4 is 93.0 Å². The summed E-state index contributed by atoms with van der Waals surface area (Å²) in [6.07, 6.45) is 71.6. The normalized spacial score (nSPS) is 28.2. The molecular weight excluding hydrogens is 1800 g/mol. The number of carbonyl (C=O) groups is 5. The lowest BCUT2D eigenvalue weighted by Gasteiger charge is -2.37. The summed E-state index contributed by atoms with van der Waals surface area (Å²) in [5, 5.41) is 0. The molecule has 0 atom stereocenters. The number of hydrogen-bond donors (Lipinski definition) is 5. The van der Waals surface area contributed by atoms with Crippen LogP contribution in [-0.4, -0.2) is 29.8 Å². The highest BCUT2D eigenvalue weighted by molar-refractivity contribution is 7.81. The Balaban J connectivity index is 0.000000257. The van der Waals surface area contributed by atoms with E-state index in [0.717, 1.165) is 177 Å². The zero-order chi connectivity index (χ0) is 91.8.